The summed E-state index contributed by atoms with van der Waals surface area (Å²) >= 11 is 0. The van der Waals surface area contributed by atoms with Crippen LogP contribution in [0, 0.1) is 6.92 Å². The van der Waals surface area contributed by atoms with E-state index in [1.54, 1.807) is 16.4 Å². The Kier molecular flexibility index (Phi) is 6.15. The van der Waals surface area contributed by atoms with Crippen LogP contribution in [0.25, 0.3) is 0 Å². The van der Waals surface area contributed by atoms with Crippen molar-refractivity contribution in [2.45, 2.75) is 44.0 Å². The number of anilines is 1. The summed E-state index contributed by atoms with van der Waals surface area (Å²) in [7, 11) is -3.47. The number of piperidine rings is 1. The van der Waals surface area contributed by atoms with Gasteiger partial charge in [-0.15, -0.1) is 0 Å². The molecule has 1 N–H and O–H groups in total. The SMILES string of the molecule is Cc1ccc(S(=O)(=O)N2CCCCC2)cc1NCc1nc(Cc2ccccc2)no1. The van der Waals surface area contributed by atoms with Crippen LogP contribution in [0.2, 0.25) is 0 Å². The van der Waals surface area contributed by atoms with E-state index in [4.69, 9.17) is 4.52 Å². The summed E-state index contributed by atoms with van der Waals surface area (Å²) in [6.07, 6.45) is 3.52. The molecule has 3 aromatic rings. The first-order valence-corrected chi connectivity index (χ1v) is 11.7. The van der Waals surface area contributed by atoms with Crippen molar-refractivity contribution in [1.29, 1.82) is 0 Å². The third kappa shape index (κ3) is 4.71. The fourth-order valence-electron chi connectivity index (χ4n) is 3.59. The molecule has 7 nitrogen and oxygen atoms in total. The molecule has 0 amide bonds. The van der Waals surface area contributed by atoms with E-state index in [1.807, 2.05) is 43.3 Å². The zero-order valence-electron chi connectivity index (χ0n) is 17.0. The number of aromatic nitrogens is 2. The minimum atomic E-state index is -3.47. The van der Waals surface area contributed by atoms with E-state index in [0.717, 1.165) is 36.1 Å². The largest absolute Gasteiger partial charge is 0.376 e. The summed E-state index contributed by atoms with van der Waals surface area (Å²) in [6.45, 7) is 3.44. The van der Waals surface area contributed by atoms with Gasteiger partial charge in [0.2, 0.25) is 15.9 Å². The minimum Gasteiger partial charge on any atom is -0.376 e. The fourth-order valence-corrected chi connectivity index (χ4v) is 5.13. The van der Waals surface area contributed by atoms with Crippen molar-refractivity contribution in [2.24, 2.45) is 0 Å². The van der Waals surface area contributed by atoms with Gasteiger partial charge >= 0.3 is 0 Å². The lowest BCUT2D eigenvalue weighted by Gasteiger charge is -2.26. The fraction of sp³-hybridized carbons (Fsp3) is 0.364. The molecule has 0 radical (unpaired) electrons. The van der Waals surface area contributed by atoms with Gasteiger partial charge in [0.05, 0.1) is 11.4 Å². The average molecular weight is 427 g/mol. The Morgan fingerprint density at radius 2 is 1.83 bits per heavy atom. The lowest BCUT2D eigenvalue weighted by molar-refractivity contribution is 0.346. The zero-order chi connectivity index (χ0) is 21.0. The molecule has 1 aromatic heterocycles. The van der Waals surface area contributed by atoms with Gasteiger partial charge in [-0.3, -0.25) is 0 Å². The number of rotatable bonds is 7. The summed E-state index contributed by atoms with van der Waals surface area (Å²) in [5.74, 6) is 1.08. The molecule has 2 aromatic carbocycles. The topological polar surface area (TPSA) is 88.3 Å². The van der Waals surface area contributed by atoms with Gasteiger partial charge in [-0.25, -0.2) is 8.42 Å². The third-order valence-electron chi connectivity index (χ3n) is 5.31. The molecule has 1 aliphatic heterocycles. The second kappa shape index (κ2) is 8.97. The molecule has 0 saturated carbocycles. The molecule has 1 fully saturated rings. The minimum absolute atomic E-state index is 0.313. The third-order valence-corrected chi connectivity index (χ3v) is 7.20. The normalized spacial score (nSPS) is 15.2. The van der Waals surface area contributed by atoms with Gasteiger partial charge in [0.15, 0.2) is 5.82 Å². The van der Waals surface area contributed by atoms with Crippen LogP contribution in [0.15, 0.2) is 57.9 Å². The van der Waals surface area contributed by atoms with Gasteiger partial charge in [0.25, 0.3) is 0 Å². The van der Waals surface area contributed by atoms with Gasteiger partial charge in [0, 0.05) is 25.2 Å². The first-order chi connectivity index (χ1) is 14.5. The van der Waals surface area contributed by atoms with Gasteiger partial charge < -0.3 is 9.84 Å². The summed E-state index contributed by atoms with van der Waals surface area (Å²) in [5, 5.41) is 7.28. The smallest absolute Gasteiger partial charge is 0.245 e. The highest BCUT2D eigenvalue weighted by atomic mass is 32.2. The zero-order valence-corrected chi connectivity index (χ0v) is 17.9. The Labute approximate surface area is 177 Å². The predicted molar refractivity (Wildman–Crippen MR) is 115 cm³/mol. The van der Waals surface area contributed by atoms with E-state index in [1.165, 1.54) is 0 Å². The van der Waals surface area contributed by atoms with E-state index in [-0.39, 0.29) is 0 Å². The molecule has 0 bridgehead atoms. The average Bonchev–Trinajstić information content (AvgIpc) is 3.21. The maximum Gasteiger partial charge on any atom is 0.245 e. The number of nitrogens with one attached hydrogen (secondary N) is 1. The second-order valence-corrected chi connectivity index (χ2v) is 9.50. The number of hydrogen-bond donors (Lipinski definition) is 1. The van der Waals surface area contributed by atoms with Crippen LogP contribution >= 0.6 is 0 Å². The van der Waals surface area contributed by atoms with Crippen molar-refractivity contribution in [3.8, 4) is 0 Å². The molecule has 1 aliphatic rings. The highest BCUT2D eigenvalue weighted by molar-refractivity contribution is 7.89. The Bertz CT molecular complexity index is 1090. The molecule has 0 unspecified atom stereocenters. The van der Waals surface area contributed by atoms with Crippen LogP contribution in [0.3, 0.4) is 0 Å². The Hall–Kier alpha value is -2.71. The van der Waals surface area contributed by atoms with E-state index in [9.17, 15) is 8.42 Å². The molecular formula is C22H26N4O3S. The van der Waals surface area contributed by atoms with Crippen LogP contribution < -0.4 is 5.32 Å². The monoisotopic (exact) mass is 426 g/mol. The summed E-state index contributed by atoms with van der Waals surface area (Å²) in [5.41, 5.74) is 2.82. The lowest BCUT2D eigenvalue weighted by Crippen LogP contribution is -2.35. The van der Waals surface area contributed by atoms with Gasteiger partial charge in [-0.1, -0.05) is 48.0 Å². The van der Waals surface area contributed by atoms with Crippen molar-refractivity contribution in [1.82, 2.24) is 14.4 Å². The van der Waals surface area contributed by atoms with E-state index in [2.05, 4.69) is 15.5 Å². The molecule has 0 aliphatic carbocycles. The van der Waals surface area contributed by atoms with Crippen molar-refractivity contribution < 1.29 is 12.9 Å². The second-order valence-electron chi connectivity index (χ2n) is 7.56. The standard InChI is InChI=1S/C22H26N4O3S/c1-17-10-11-19(30(27,28)26-12-6-3-7-13-26)15-20(17)23-16-22-24-21(25-29-22)14-18-8-4-2-5-9-18/h2,4-5,8-11,15,23H,3,6-7,12-14,16H2,1H3. The number of nitrogens with zero attached hydrogens (tertiary/aromatic N) is 3. The number of aryl methyl sites for hydroxylation is 1. The summed E-state index contributed by atoms with van der Waals surface area (Å²) in [6, 6.07) is 15.2. The molecule has 1 saturated heterocycles. The van der Waals surface area contributed by atoms with Gasteiger partial charge in [0.1, 0.15) is 0 Å². The van der Waals surface area contributed by atoms with E-state index in [0.29, 0.717) is 42.7 Å². The van der Waals surface area contributed by atoms with Crippen LogP contribution in [0.4, 0.5) is 5.69 Å². The number of hydrogen-bond acceptors (Lipinski definition) is 6. The first kappa shape index (κ1) is 20.6. The molecule has 2 heterocycles. The lowest BCUT2D eigenvalue weighted by atomic mass is 10.1. The highest BCUT2D eigenvalue weighted by Gasteiger charge is 2.26. The molecule has 30 heavy (non-hydrogen) atoms. The maximum absolute atomic E-state index is 13.0. The van der Waals surface area contributed by atoms with Gasteiger partial charge in [-0.2, -0.15) is 9.29 Å². The summed E-state index contributed by atoms with van der Waals surface area (Å²) < 4.78 is 32.8. The molecule has 0 atom stereocenters. The maximum atomic E-state index is 13.0. The van der Waals surface area contributed by atoms with Crippen molar-refractivity contribution in [3.63, 3.8) is 0 Å². The Morgan fingerprint density at radius 1 is 1.07 bits per heavy atom. The first-order valence-electron chi connectivity index (χ1n) is 10.2. The highest BCUT2D eigenvalue weighted by Crippen LogP contribution is 2.25. The number of benzene rings is 2. The van der Waals surface area contributed by atoms with Crippen LogP contribution in [0.1, 0.15) is 42.1 Å². The number of sulfonamides is 1. The summed E-state index contributed by atoms with van der Waals surface area (Å²) in [4.78, 5) is 4.74. The van der Waals surface area contributed by atoms with Crippen molar-refractivity contribution >= 4 is 15.7 Å². The van der Waals surface area contributed by atoms with Crippen molar-refractivity contribution in [3.05, 3.63) is 71.4 Å². The Balaban J connectivity index is 1.44. The van der Waals surface area contributed by atoms with E-state index < -0.39 is 10.0 Å². The van der Waals surface area contributed by atoms with Crippen LogP contribution in [0.5, 0.6) is 0 Å². The van der Waals surface area contributed by atoms with Crippen LogP contribution in [-0.4, -0.2) is 36.0 Å². The Morgan fingerprint density at radius 3 is 2.60 bits per heavy atom. The quantitative estimate of drug-likeness (QED) is 0.619. The van der Waals surface area contributed by atoms with E-state index >= 15 is 0 Å². The molecule has 4 rings (SSSR count). The molecule has 0 spiro atoms. The van der Waals surface area contributed by atoms with Crippen LogP contribution in [-0.2, 0) is 23.0 Å². The molecule has 8 heteroatoms. The predicted octanol–water partition coefficient (Wildman–Crippen LogP) is 3.76. The van der Waals surface area contributed by atoms with Crippen molar-refractivity contribution in [2.75, 3.05) is 18.4 Å². The van der Waals surface area contributed by atoms with Gasteiger partial charge in [-0.05, 0) is 43.0 Å². The molecular weight excluding hydrogens is 400 g/mol. The molecule has 158 valence electrons.